The Kier molecular flexibility index (Phi) is 3.18. The van der Waals surface area contributed by atoms with Crippen molar-refractivity contribution in [2.75, 3.05) is 7.11 Å². The second-order valence-electron chi connectivity index (χ2n) is 4.81. The van der Waals surface area contributed by atoms with Gasteiger partial charge in [-0.1, -0.05) is 0 Å². The van der Waals surface area contributed by atoms with Crippen molar-refractivity contribution in [3.05, 3.63) is 40.2 Å². The second kappa shape index (κ2) is 5.00. The van der Waals surface area contributed by atoms with Crippen molar-refractivity contribution in [3.63, 3.8) is 0 Å². The molecule has 1 fully saturated rings. The summed E-state index contributed by atoms with van der Waals surface area (Å²) in [5, 5.41) is 0.658. The number of benzene rings is 1. The minimum atomic E-state index is -0.704. The summed E-state index contributed by atoms with van der Waals surface area (Å²) in [5.74, 6) is -0.0217. The molecule has 1 heterocycles. The Bertz CT molecular complexity index is 712. The van der Waals surface area contributed by atoms with Crippen LogP contribution >= 0.6 is 0 Å². The van der Waals surface area contributed by atoms with Crippen LogP contribution in [-0.2, 0) is 4.74 Å². The first-order valence-electron chi connectivity index (χ1n) is 6.50. The first kappa shape index (κ1) is 12.7. The zero-order valence-corrected chi connectivity index (χ0v) is 11.0. The molecule has 0 N–H and O–H groups in total. The minimum absolute atomic E-state index is 0.104. The molecule has 104 valence electrons. The Morgan fingerprint density at radius 3 is 2.75 bits per heavy atom. The van der Waals surface area contributed by atoms with E-state index in [1.807, 2.05) is 6.07 Å². The maximum Gasteiger partial charge on any atom is 0.351 e. The molecule has 0 spiro atoms. The summed E-state index contributed by atoms with van der Waals surface area (Å²) < 4.78 is 15.4. The van der Waals surface area contributed by atoms with Crippen molar-refractivity contribution < 1.29 is 18.7 Å². The van der Waals surface area contributed by atoms with Gasteiger partial charge < -0.3 is 13.9 Å². The Hall–Kier alpha value is -2.30. The molecule has 2 aromatic rings. The van der Waals surface area contributed by atoms with Crippen molar-refractivity contribution in [1.29, 1.82) is 0 Å². The number of rotatable bonds is 3. The van der Waals surface area contributed by atoms with E-state index in [4.69, 9.17) is 9.15 Å². The Labute approximate surface area is 115 Å². The van der Waals surface area contributed by atoms with Gasteiger partial charge in [0.05, 0.1) is 13.2 Å². The van der Waals surface area contributed by atoms with E-state index in [-0.39, 0.29) is 11.7 Å². The maximum atomic E-state index is 11.7. The number of carbonyl (C=O) groups is 1. The van der Waals surface area contributed by atoms with Crippen LogP contribution in [0.3, 0.4) is 0 Å². The van der Waals surface area contributed by atoms with E-state index < -0.39 is 11.6 Å². The summed E-state index contributed by atoms with van der Waals surface area (Å²) in [6, 6.07) is 6.72. The summed E-state index contributed by atoms with van der Waals surface area (Å²) in [6.45, 7) is 0. The molecule has 0 saturated heterocycles. The lowest BCUT2D eigenvalue weighted by Crippen LogP contribution is -2.24. The highest BCUT2D eigenvalue weighted by Crippen LogP contribution is 2.27. The first-order chi connectivity index (χ1) is 9.67. The maximum absolute atomic E-state index is 11.7. The van der Waals surface area contributed by atoms with E-state index >= 15 is 0 Å². The molecule has 5 nitrogen and oxygen atoms in total. The first-order valence-corrected chi connectivity index (χ1v) is 6.50. The predicted octanol–water partition coefficient (Wildman–Crippen LogP) is 2.51. The molecule has 1 saturated carbocycles. The molecular weight excluding hydrogens is 260 g/mol. The van der Waals surface area contributed by atoms with Crippen molar-refractivity contribution >= 4 is 16.9 Å². The molecule has 3 rings (SSSR count). The highest BCUT2D eigenvalue weighted by Gasteiger charge is 2.19. The van der Waals surface area contributed by atoms with E-state index in [1.54, 1.807) is 12.1 Å². The lowest BCUT2D eigenvalue weighted by molar-refractivity contribution is 0.0596. The van der Waals surface area contributed by atoms with E-state index in [0.717, 1.165) is 12.8 Å². The average molecular weight is 274 g/mol. The number of esters is 1. The SMILES string of the molecule is COC(=O)c1cc2ccc(OC3CCC3)cc2oc1=O. The van der Waals surface area contributed by atoms with Crippen molar-refractivity contribution in [2.24, 2.45) is 0 Å². The van der Waals surface area contributed by atoms with Crippen LogP contribution in [0.5, 0.6) is 5.75 Å². The lowest BCUT2D eigenvalue weighted by atomic mass is 9.96. The molecule has 0 radical (unpaired) electrons. The zero-order chi connectivity index (χ0) is 14.1. The van der Waals surface area contributed by atoms with Crippen LogP contribution in [0.25, 0.3) is 11.0 Å². The normalized spacial score (nSPS) is 14.8. The minimum Gasteiger partial charge on any atom is -0.490 e. The van der Waals surface area contributed by atoms with Gasteiger partial charge in [-0.3, -0.25) is 0 Å². The molecule has 1 aliphatic carbocycles. The van der Waals surface area contributed by atoms with Crippen molar-refractivity contribution in [2.45, 2.75) is 25.4 Å². The number of hydrogen-bond acceptors (Lipinski definition) is 5. The standard InChI is InChI=1S/C15H14O5/c1-18-14(16)12-7-9-5-6-11(19-10-3-2-4-10)8-13(9)20-15(12)17/h5-8,10H,2-4H2,1H3. The molecule has 1 aromatic heterocycles. The van der Waals surface area contributed by atoms with Gasteiger partial charge in [0.1, 0.15) is 16.9 Å². The molecule has 0 amide bonds. The number of fused-ring (bicyclic) bond motifs is 1. The van der Waals surface area contributed by atoms with Crippen LogP contribution in [0, 0.1) is 0 Å². The molecule has 20 heavy (non-hydrogen) atoms. The quantitative estimate of drug-likeness (QED) is 0.635. The predicted molar refractivity (Wildman–Crippen MR) is 72.1 cm³/mol. The fourth-order valence-electron chi connectivity index (χ4n) is 2.10. The summed E-state index contributed by atoms with van der Waals surface area (Å²) in [6.07, 6.45) is 3.57. The van der Waals surface area contributed by atoms with Gasteiger partial charge in [-0.05, 0) is 37.5 Å². The molecule has 0 aliphatic heterocycles. The van der Waals surface area contributed by atoms with Crippen molar-refractivity contribution in [3.8, 4) is 5.75 Å². The molecule has 1 aromatic carbocycles. The third-order valence-corrected chi connectivity index (χ3v) is 3.47. The van der Waals surface area contributed by atoms with Crippen LogP contribution in [0.2, 0.25) is 0 Å². The number of methoxy groups -OCH3 is 1. The van der Waals surface area contributed by atoms with Crippen LogP contribution in [-0.4, -0.2) is 19.2 Å². The van der Waals surface area contributed by atoms with Gasteiger partial charge in [0, 0.05) is 11.5 Å². The third-order valence-electron chi connectivity index (χ3n) is 3.47. The van der Waals surface area contributed by atoms with E-state index in [0.29, 0.717) is 16.7 Å². The topological polar surface area (TPSA) is 65.7 Å². The molecule has 5 heteroatoms. The van der Waals surface area contributed by atoms with Gasteiger partial charge in [-0.15, -0.1) is 0 Å². The molecule has 1 aliphatic rings. The van der Waals surface area contributed by atoms with Gasteiger partial charge in [-0.2, -0.15) is 0 Å². The summed E-state index contributed by atoms with van der Waals surface area (Å²) in [4.78, 5) is 23.2. The molecule has 0 bridgehead atoms. The van der Waals surface area contributed by atoms with Crippen LogP contribution in [0.4, 0.5) is 0 Å². The third kappa shape index (κ3) is 2.27. The van der Waals surface area contributed by atoms with Crippen LogP contribution < -0.4 is 10.4 Å². The Morgan fingerprint density at radius 2 is 2.10 bits per heavy atom. The van der Waals surface area contributed by atoms with Gasteiger partial charge in [0.2, 0.25) is 0 Å². The summed E-state index contributed by atoms with van der Waals surface area (Å²) >= 11 is 0. The second-order valence-corrected chi connectivity index (χ2v) is 4.81. The van der Waals surface area contributed by atoms with E-state index in [1.165, 1.54) is 19.6 Å². The van der Waals surface area contributed by atoms with Gasteiger partial charge >= 0.3 is 11.6 Å². The van der Waals surface area contributed by atoms with Gasteiger partial charge in [0.25, 0.3) is 0 Å². The highest BCUT2D eigenvalue weighted by atomic mass is 16.5. The highest BCUT2D eigenvalue weighted by molar-refractivity contribution is 5.92. The average Bonchev–Trinajstić information content (AvgIpc) is 2.41. The lowest BCUT2D eigenvalue weighted by Gasteiger charge is -2.26. The Morgan fingerprint density at radius 1 is 1.30 bits per heavy atom. The molecule has 0 unspecified atom stereocenters. The summed E-state index contributed by atoms with van der Waals surface area (Å²) in [7, 11) is 1.22. The van der Waals surface area contributed by atoms with Gasteiger partial charge in [0.15, 0.2) is 0 Å². The fraction of sp³-hybridized carbons (Fsp3) is 0.333. The zero-order valence-electron chi connectivity index (χ0n) is 11.0. The number of ether oxygens (including phenoxy) is 2. The fourth-order valence-corrected chi connectivity index (χ4v) is 2.10. The summed E-state index contributed by atoms with van der Waals surface area (Å²) in [5.41, 5.74) is -0.405. The monoisotopic (exact) mass is 274 g/mol. The van der Waals surface area contributed by atoms with E-state index in [2.05, 4.69) is 4.74 Å². The number of carbonyl (C=O) groups excluding carboxylic acids is 1. The Balaban J connectivity index is 1.98. The molecule has 0 atom stereocenters. The van der Waals surface area contributed by atoms with Gasteiger partial charge in [-0.25, -0.2) is 9.59 Å². The number of hydrogen-bond donors (Lipinski definition) is 0. The largest absolute Gasteiger partial charge is 0.490 e. The van der Waals surface area contributed by atoms with Crippen LogP contribution in [0.1, 0.15) is 29.6 Å². The van der Waals surface area contributed by atoms with E-state index in [9.17, 15) is 9.59 Å². The van der Waals surface area contributed by atoms with Crippen LogP contribution in [0.15, 0.2) is 33.5 Å². The van der Waals surface area contributed by atoms with Crippen molar-refractivity contribution in [1.82, 2.24) is 0 Å². The smallest absolute Gasteiger partial charge is 0.351 e. The molecular formula is C15H14O5.